The summed E-state index contributed by atoms with van der Waals surface area (Å²) in [6, 6.07) is 6.17. The minimum Gasteiger partial charge on any atom is -0.480 e. The van der Waals surface area contributed by atoms with Gasteiger partial charge in [0.1, 0.15) is 11.7 Å². The number of hydrogen-bond acceptors (Lipinski definition) is 7. The Kier molecular flexibility index (Phi) is 8.89. The van der Waals surface area contributed by atoms with E-state index in [2.05, 4.69) is 10.3 Å². The highest BCUT2D eigenvalue weighted by Gasteiger charge is 2.55. The number of aromatic nitrogens is 1. The van der Waals surface area contributed by atoms with Crippen LogP contribution in [-0.4, -0.2) is 61.5 Å². The smallest absolute Gasteiger partial charge is 0.328 e. The second-order valence-corrected chi connectivity index (χ2v) is 13.4. The predicted molar refractivity (Wildman–Crippen MR) is 155 cm³/mol. The summed E-state index contributed by atoms with van der Waals surface area (Å²) in [6.45, 7) is 0. The van der Waals surface area contributed by atoms with Crippen molar-refractivity contribution in [3.8, 4) is 0 Å². The number of pyridine rings is 1. The van der Waals surface area contributed by atoms with Crippen LogP contribution >= 0.6 is 46.7 Å². The highest BCUT2D eigenvalue weighted by atomic mass is 35.5. The van der Waals surface area contributed by atoms with Gasteiger partial charge in [0.15, 0.2) is 6.04 Å². The number of carbonyl (C=O) groups excluding carboxylic acids is 1. The Morgan fingerprint density at radius 2 is 1.74 bits per heavy atom. The number of carbonyl (C=O) groups is 2. The molecule has 11 heteroatoms. The van der Waals surface area contributed by atoms with E-state index in [1.807, 2.05) is 23.5 Å². The molecule has 3 heterocycles. The largest absolute Gasteiger partial charge is 0.480 e. The molecule has 3 fully saturated rings. The highest BCUT2D eigenvalue weighted by molar-refractivity contribution is 8.17. The Balaban J connectivity index is 1.31. The number of thioether (sulfide) groups is 2. The lowest BCUT2D eigenvalue weighted by atomic mass is 9.75. The first-order valence-electron chi connectivity index (χ1n) is 12.8. The number of aliphatic carboxylic acids is 1. The van der Waals surface area contributed by atoms with Crippen molar-refractivity contribution >= 4 is 70.0 Å². The molecule has 2 aliphatic heterocycles. The Bertz CT molecular complexity index is 1200. The molecule has 2 atom stereocenters. The average molecular weight is 595 g/mol. The molecule has 1 spiro atoms. The van der Waals surface area contributed by atoms with Crippen molar-refractivity contribution in [1.29, 1.82) is 0 Å². The molecule has 1 saturated carbocycles. The van der Waals surface area contributed by atoms with Gasteiger partial charge in [0.2, 0.25) is 0 Å². The van der Waals surface area contributed by atoms with Crippen LogP contribution in [0.1, 0.15) is 54.4 Å². The molecular formula is C27H29Cl2N3O4S2. The lowest BCUT2D eigenvalue weighted by molar-refractivity contribution is -0.138. The second-order valence-electron chi connectivity index (χ2n) is 9.76. The Hall–Kier alpha value is -1.78. The number of benzene rings is 1. The summed E-state index contributed by atoms with van der Waals surface area (Å²) < 4.78 is 6.80. The van der Waals surface area contributed by atoms with Gasteiger partial charge in [0.05, 0.1) is 25.9 Å². The van der Waals surface area contributed by atoms with Crippen LogP contribution < -0.4 is 5.32 Å². The molecule has 1 unspecified atom stereocenters. The molecule has 1 amide bonds. The number of anilines is 1. The molecular weight excluding hydrogens is 565 g/mol. The van der Waals surface area contributed by atoms with E-state index in [4.69, 9.17) is 32.9 Å². The fraction of sp³-hybridized carbons (Fsp3) is 0.481. The van der Waals surface area contributed by atoms with Crippen molar-refractivity contribution in [2.24, 2.45) is 4.99 Å². The van der Waals surface area contributed by atoms with Crippen LogP contribution in [0.3, 0.4) is 0 Å². The minimum atomic E-state index is -0.947. The molecule has 1 aromatic carbocycles. The van der Waals surface area contributed by atoms with Gasteiger partial charge in [0.25, 0.3) is 5.91 Å². The third-order valence-corrected chi connectivity index (χ3v) is 10.7. The molecule has 2 aromatic rings. The maximum absolute atomic E-state index is 12.7. The highest BCUT2D eigenvalue weighted by Crippen LogP contribution is 2.48. The summed E-state index contributed by atoms with van der Waals surface area (Å²) in [4.78, 5) is 33.7. The maximum Gasteiger partial charge on any atom is 0.328 e. The van der Waals surface area contributed by atoms with Crippen molar-refractivity contribution in [2.75, 3.05) is 16.8 Å². The van der Waals surface area contributed by atoms with Gasteiger partial charge in [0, 0.05) is 24.5 Å². The summed E-state index contributed by atoms with van der Waals surface area (Å²) in [7, 11) is 0. The number of carboxylic acids is 1. The maximum atomic E-state index is 12.7. The van der Waals surface area contributed by atoms with Gasteiger partial charge < -0.3 is 15.2 Å². The van der Waals surface area contributed by atoms with Crippen LogP contribution in [0.5, 0.6) is 0 Å². The van der Waals surface area contributed by atoms with Crippen LogP contribution in [0.4, 0.5) is 5.69 Å². The SMILES string of the molecule is O=C(Nc1ccc(C[C@H](N=C2C(C3SCCCS3)OC23CCCCC3)C(=O)O)cc1)c1c(Cl)cncc1Cl. The van der Waals surface area contributed by atoms with E-state index in [0.29, 0.717) is 5.69 Å². The lowest BCUT2D eigenvalue weighted by Crippen LogP contribution is -2.65. The van der Waals surface area contributed by atoms with Gasteiger partial charge in [-0.05, 0) is 48.5 Å². The van der Waals surface area contributed by atoms with Crippen LogP contribution in [0.15, 0.2) is 41.7 Å². The third-order valence-electron chi connectivity index (χ3n) is 7.15. The van der Waals surface area contributed by atoms with Crippen LogP contribution in [0.2, 0.25) is 10.0 Å². The molecule has 202 valence electrons. The van der Waals surface area contributed by atoms with E-state index < -0.39 is 23.5 Å². The van der Waals surface area contributed by atoms with Crippen LogP contribution in [-0.2, 0) is 16.0 Å². The van der Waals surface area contributed by atoms with E-state index in [0.717, 1.165) is 48.5 Å². The number of aliphatic imine (C=N–C) groups is 1. The van der Waals surface area contributed by atoms with E-state index in [9.17, 15) is 14.7 Å². The van der Waals surface area contributed by atoms with Gasteiger partial charge in [-0.1, -0.05) is 54.6 Å². The van der Waals surface area contributed by atoms with E-state index >= 15 is 0 Å². The second kappa shape index (κ2) is 12.2. The number of ether oxygens (including phenoxy) is 1. The molecule has 3 aliphatic rings. The van der Waals surface area contributed by atoms with Crippen molar-refractivity contribution in [1.82, 2.24) is 4.98 Å². The van der Waals surface area contributed by atoms with Crippen molar-refractivity contribution < 1.29 is 19.4 Å². The predicted octanol–water partition coefficient (Wildman–Crippen LogP) is 6.38. The number of amides is 1. The Labute approximate surface area is 240 Å². The molecule has 7 nitrogen and oxygen atoms in total. The topological polar surface area (TPSA) is 101 Å². The number of carboxylic acid groups (broad SMARTS) is 1. The fourth-order valence-electron chi connectivity index (χ4n) is 5.24. The number of nitrogens with zero attached hydrogens (tertiary/aromatic N) is 2. The van der Waals surface area contributed by atoms with Crippen LogP contribution in [0.25, 0.3) is 0 Å². The molecule has 0 radical (unpaired) electrons. The fourth-order valence-corrected chi connectivity index (χ4v) is 8.73. The van der Waals surface area contributed by atoms with E-state index in [1.165, 1.54) is 25.2 Å². The summed E-state index contributed by atoms with van der Waals surface area (Å²) in [6.07, 6.45) is 9.22. The Morgan fingerprint density at radius 3 is 2.37 bits per heavy atom. The van der Waals surface area contributed by atoms with Crippen molar-refractivity contribution in [3.63, 3.8) is 0 Å². The van der Waals surface area contributed by atoms with Gasteiger partial charge in [-0.25, -0.2) is 4.79 Å². The molecule has 2 saturated heterocycles. The third kappa shape index (κ3) is 6.02. The average Bonchev–Trinajstić information content (AvgIpc) is 2.91. The molecule has 5 rings (SSSR count). The summed E-state index contributed by atoms with van der Waals surface area (Å²) in [5, 5.41) is 13.2. The first-order valence-corrected chi connectivity index (χ1v) is 15.6. The molecule has 2 N–H and O–H groups in total. The lowest BCUT2D eigenvalue weighted by Gasteiger charge is -2.54. The first-order chi connectivity index (χ1) is 18.4. The van der Waals surface area contributed by atoms with Gasteiger partial charge in [-0.3, -0.25) is 14.8 Å². The number of halogens is 2. The molecule has 38 heavy (non-hydrogen) atoms. The molecule has 1 aliphatic carbocycles. The zero-order valence-electron chi connectivity index (χ0n) is 20.7. The minimum absolute atomic E-state index is 0.116. The molecule has 0 bridgehead atoms. The van der Waals surface area contributed by atoms with Gasteiger partial charge in [-0.2, -0.15) is 0 Å². The quantitative estimate of drug-likeness (QED) is 0.384. The molecule has 1 aromatic heterocycles. The van der Waals surface area contributed by atoms with Gasteiger partial charge >= 0.3 is 5.97 Å². The van der Waals surface area contributed by atoms with Crippen molar-refractivity contribution in [3.05, 3.63) is 57.8 Å². The van der Waals surface area contributed by atoms with E-state index in [1.54, 1.807) is 24.3 Å². The first kappa shape index (κ1) is 27.8. The number of hydrogen-bond donors (Lipinski definition) is 2. The Morgan fingerprint density at radius 1 is 1.08 bits per heavy atom. The summed E-state index contributed by atoms with van der Waals surface area (Å²) in [5.74, 6) is 0.806. The standard InChI is InChI=1S/C27H29Cl2N3O4S2/c28-18-14-30-15-19(29)21(18)24(33)31-17-7-5-16(6-8-17)13-20(25(34)35)32-23-22(26-37-11-4-12-38-26)36-27(23)9-2-1-3-10-27/h5-8,14-15,20,22,26H,1-4,9-13H2,(H,31,33)(H,34,35)/t20-,22?/m0/s1. The van der Waals surface area contributed by atoms with E-state index in [-0.39, 0.29) is 32.7 Å². The normalized spacial score (nSPS) is 23.1. The zero-order chi connectivity index (χ0) is 26.7. The number of nitrogens with one attached hydrogen (secondary N) is 1. The summed E-state index contributed by atoms with van der Waals surface area (Å²) >= 11 is 16.0. The van der Waals surface area contributed by atoms with Crippen molar-refractivity contribution in [2.45, 2.75) is 67.3 Å². The number of rotatable bonds is 7. The zero-order valence-corrected chi connectivity index (χ0v) is 23.8. The monoisotopic (exact) mass is 593 g/mol. The summed E-state index contributed by atoms with van der Waals surface area (Å²) in [5.41, 5.74) is 2.07. The van der Waals surface area contributed by atoms with Crippen LogP contribution in [0, 0.1) is 0 Å². The van der Waals surface area contributed by atoms with Gasteiger partial charge in [-0.15, -0.1) is 23.5 Å².